The van der Waals surface area contributed by atoms with Crippen LogP contribution >= 0.6 is 0 Å². The fraction of sp³-hybridized carbons (Fsp3) is 0.200. The van der Waals surface area contributed by atoms with Crippen LogP contribution in [0.1, 0.15) is 5.56 Å². The van der Waals surface area contributed by atoms with E-state index in [9.17, 15) is 0 Å². The molecule has 0 fully saturated rings. The fourth-order valence-corrected chi connectivity index (χ4v) is 1.70. The van der Waals surface area contributed by atoms with E-state index in [0.29, 0.717) is 6.54 Å². The van der Waals surface area contributed by atoms with Crippen molar-refractivity contribution in [1.82, 2.24) is 9.99 Å². The molecule has 0 aliphatic carbocycles. The molecule has 0 atom stereocenters. The molecule has 3 N–H and O–H groups in total. The van der Waals surface area contributed by atoms with Crippen molar-refractivity contribution in [1.29, 1.82) is 0 Å². The maximum Gasteiger partial charge on any atom is 0.0523 e. The van der Waals surface area contributed by atoms with Gasteiger partial charge in [-0.1, -0.05) is 18.2 Å². The summed E-state index contributed by atoms with van der Waals surface area (Å²) in [7, 11) is 2.04. The van der Waals surface area contributed by atoms with Gasteiger partial charge in [-0.15, -0.1) is 0 Å². The molecule has 1 heterocycles. The molecule has 0 saturated carbocycles. The maximum atomic E-state index is 5.31. The molecule has 2 rings (SSSR count). The van der Waals surface area contributed by atoms with Gasteiger partial charge in [0.15, 0.2) is 0 Å². The maximum absolute atomic E-state index is 5.31. The highest BCUT2D eigenvalue weighted by molar-refractivity contribution is 5.83. The second-order valence-electron chi connectivity index (χ2n) is 3.16. The van der Waals surface area contributed by atoms with E-state index < -0.39 is 0 Å². The summed E-state index contributed by atoms with van der Waals surface area (Å²) >= 11 is 0. The van der Waals surface area contributed by atoms with E-state index in [-0.39, 0.29) is 0 Å². The number of aryl methyl sites for hydroxylation is 1. The van der Waals surface area contributed by atoms with Gasteiger partial charge in [-0.3, -0.25) is 11.3 Å². The molecule has 0 unspecified atom stereocenters. The van der Waals surface area contributed by atoms with Crippen LogP contribution in [0.4, 0.5) is 0 Å². The number of nitrogens with zero attached hydrogens (tertiary/aromatic N) is 1. The summed E-state index contributed by atoms with van der Waals surface area (Å²) < 4.78 is 2.11. The first-order valence-electron chi connectivity index (χ1n) is 4.29. The smallest absolute Gasteiger partial charge is 0.0523 e. The number of nitrogens with one attached hydrogen (secondary N) is 1. The minimum Gasteiger partial charge on any atom is -0.350 e. The van der Waals surface area contributed by atoms with Crippen LogP contribution in [0.25, 0.3) is 10.9 Å². The number of hydrogen-bond acceptors (Lipinski definition) is 2. The van der Waals surface area contributed by atoms with Gasteiger partial charge in [0.05, 0.1) is 5.52 Å². The number of hydrogen-bond donors (Lipinski definition) is 2. The number of benzene rings is 1. The van der Waals surface area contributed by atoms with Crippen molar-refractivity contribution in [2.75, 3.05) is 0 Å². The Morgan fingerprint density at radius 1 is 1.38 bits per heavy atom. The van der Waals surface area contributed by atoms with Crippen LogP contribution in [0.2, 0.25) is 0 Å². The molecule has 0 amide bonds. The summed E-state index contributed by atoms with van der Waals surface area (Å²) in [5, 5.41) is 1.26. The lowest BCUT2D eigenvalue weighted by Crippen LogP contribution is -2.21. The second-order valence-corrected chi connectivity index (χ2v) is 3.16. The summed E-state index contributed by atoms with van der Waals surface area (Å²) in [4.78, 5) is 0. The first-order chi connectivity index (χ1) is 6.33. The van der Waals surface area contributed by atoms with Crippen LogP contribution in [0.15, 0.2) is 30.5 Å². The van der Waals surface area contributed by atoms with Crippen molar-refractivity contribution in [3.63, 3.8) is 0 Å². The Balaban J connectivity index is 2.65. The van der Waals surface area contributed by atoms with Crippen molar-refractivity contribution in [2.45, 2.75) is 6.54 Å². The number of aromatic nitrogens is 1. The Bertz CT molecular complexity index is 417. The average molecular weight is 175 g/mol. The van der Waals surface area contributed by atoms with Gasteiger partial charge in [-0.2, -0.15) is 0 Å². The Morgan fingerprint density at radius 2 is 2.23 bits per heavy atom. The molecular weight excluding hydrogens is 162 g/mol. The third kappa shape index (κ3) is 1.32. The minimum absolute atomic E-state index is 0.704. The van der Waals surface area contributed by atoms with Crippen LogP contribution in [-0.2, 0) is 13.6 Å². The first kappa shape index (κ1) is 8.29. The molecule has 2 aromatic rings. The quantitative estimate of drug-likeness (QED) is 0.531. The lowest BCUT2D eigenvalue weighted by Gasteiger charge is -2.04. The van der Waals surface area contributed by atoms with Crippen molar-refractivity contribution in [3.8, 4) is 0 Å². The summed E-state index contributed by atoms with van der Waals surface area (Å²) in [6.07, 6.45) is 2.06. The number of rotatable bonds is 2. The zero-order valence-corrected chi connectivity index (χ0v) is 7.62. The number of hydrazine groups is 1. The molecular formula is C10H13N3. The highest BCUT2D eigenvalue weighted by Gasteiger charge is 2.02. The average Bonchev–Trinajstić information content (AvgIpc) is 2.50. The van der Waals surface area contributed by atoms with Crippen LogP contribution in [0, 0.1) is 0 Å². The number of para-hydroxylation sites is 1. The predicted octanol–water partition coefficient (Wildman–Crippen LogP) is 1.14. The zero-order valence-electron chi connectivity index (χ0n) is 7.62. The van der Waals surface area contributed by atoms with Gasteiger partial charge in [0, 0.05) is 19.8 Å². The second kappa shape index (κ2) is 3.20. The van der Waals surface area contributed by atoms with E-state index in [1.807, 2.05) is 7.05 Å². The number of fused-ring (bicyclic) bond motifs is 1. The fourth-order valence-electron chi connectivity index (χ4n) is 1.70. The Hall–Kier alpha value is -1.32. The van der Waals surface area contributed by atoms with Gasteiger partial charge >= 0.3 is 0 Å². The first-order valence-corrected chi connectivity index (χ1v) is 4.29. The highest BCUT2D eigenvalue weighted by atomic mass is 15.2. The Morgan fingerprint density at radius 3 is 3.00 bits per heavy atom. The molecule has 0 spiro atoms. The molecule has 0 bridgehead atoms. The third-order valence-electron chi connectivity index (χ3n) is 2.27. The van der Waals surface area contributed by atoms with E-state index in [1.54, 1.807) is 0 Å². The van der Waals surface area contributed by atoms with Crippen LogP contribution in [0.3, 0.4) is 0 Å². The minimum atomic E-state index is 0.704. The normalized spacial score (nSPS) is 10.9. The lowest BCUT2D eigenvalue weighted by atomic mass is 10.1. The molecule has 0 saturated heterocycles. The van der Waals surface area contributed by atoms with E-state index in [1.165, 1.54) is 16.5 Å². The molecule has 3 nitrogen and oxygen atoms in total. The van der Waals surface area contributed by atoms with E-state index in [0.717, 1.165) is 0 Å². The van der Waals surface area contributed by atoms with Crippen LogP contribution in [0.5, 0.6) is 0 Å². The van der Waals surface area contributed by atoms with Crippen LogP contribution in [-0.4, -0.2) is 4.57 Å². The molecule has 0 aliphatic heterocycles. The molecule has 0 aliphatic rings. The van der Waals surface area contributed by atoms with Crippen LogP contribution < -0.4 is 11.3 Å². The van der Waals surface area contributed by atoms with E-state index in [4.69, 9.17) is 5.84 Å². The van der Waals surface area contributed by atoms with Crippen molar-refractivity contribution in [2.24, 2.45) is 12.9 Å². The molecule has 13 heavy (non-hydrogen) atoms. The van der Waals surface area contributed by atoms with Gasteiger partial charge in [0.1, 0.15) is 0 Å². The molecule has 1 aromatic carbocycles. The zero-order chi connectivity index (χ0) is 9.26. The van der Waals surface area contributed by atoms with Gasteiger partial charge < -0.3 is 4.57 Å². The standard InChI is InChI=1S/C10H13N3/c1-13-6-5-8-3-2-4-9(7-12-11)10(8)13/h2-6,12H,7,11H2,1H3. The summed E-state index contributed by atoms with van der Waals surface area (Å²) in [5.41, 5.74) is 5.16. The van der Waals surface area contributed by atoms with E-state index >= 15 is 0 Å². The predicted molar refractivity (Wildman–Crippen MR) is 53.9 cm³/mol. The SMILES string of the molecule is Cn1ccc2cccc(CNN)c21. The largest absolute Gasteiger partial charge is 0.350 e. The summed E-state index contributed by atoms with van der Waals surface area (Å²) in [5.74, 6) is 5.31. The molecule has 1 aromatic heterocycles. The molecule has 0 radical (unpaired) electrons. The van der Waals surface area contributed by atoms with Gasteiger partial charge in [-0.25, -0.2) is 0 Å². The number of nitrogens with two attached hydrogens (primary N) is 1. The topological polar surface area (TPSA) is 43.0 Å². The lowest BCUT2D eigenvalue weighted by molar-refractivity contribution is 0.741. The van der Waals surface area contributed by atoms with Crippen molar-refractivity contribution < 1.29 is 0 Å². The summed E-state index contributed by atoms with van der Waals surface area (Å²) in [6.45, 7) is 0.704. The summed E-state index contributed by atoms with van der Waals surface area (Å²) in [6, 6.07) is 8.35. The van der Waals surface area contributed by atoms with Gasteiger partial charge in [-0.05, 0) is 17.0 Å². The van der Waals surface area contributed by atoms with Crippen molar-refractivity contribution >= 4 is 10.9 Å². The molecule has 68 valence electrons. The Kier molecular flexibility index (Phi) is 2.04. The monoisotopic (exact) mass is 175 g/mol. The van der Waals surface area contributed by atoms with E-state index in [2.05, 4.69) is 40.5 Å². The Labute approximate surface area is 77.1 Å². The third-order valence-corrected chi connectivity index (χ3v) is 2.27. The van der Waals surface area contributed by atoms with Crippen molar-refractivity contribution in [3.05, 3.63) is 36.0 Å². The highest BCUT2D eigenvalue weighted by Crippen LogP contribution is 2.18. The van der Waals surface area contributed by atoms with Gasteiger partial charge in [0.25, 0.3) is 0 Å². The van der Waals surface area contributed by atoms with Gasteiger partial charge in [0.2, 0.25) is 0 Å². The molecule has 3 heteroatoms.